The van der Waals surface area contributed by atoms with Gasteiger partial charge in [-0.1, -0.05) is 23.9 Å². The monoisotopic (exact) mass is 459 g/mol. The summed E-state index contributed by atoms with van der Waals surface area (Å²) in [4.78, 5) is 24.6. The number of aryl methyl sites for hydroxylation is 2. The van der Waals surface area contributed by atoms with Crippen LogP contribution in [0, 0.1) is 25.5 Å². The number of thioether (sulfide) groups is 1. The molecule has 2 N–H and O–H groups in total. The molecule has 0 radical (unpaired) electrons. The van der Waals surface area contributed by atoms with Crippen LogP contribution in [0.4, 0.5) is 20.2 Å². The molecule has 3 rings (SSSR count). The minimum Gasteiger partial charge on any atom is -0.326 e. The Bertz CT molecular complexity index is 1110. The molecule has 0 aliphatic rings. The SMILES string of the molecule is CCn1c(CC(=O)Nc2cc(C)cc(C)c2)nnc1SCC(=O)Nc1c(F)cccc1F. The molecule has 168 valence electrons. The molecule has 0 saturated carbocycles. The van der Waals surface area contributed by atoms with Gasteiger partial charge >= 0.3 is 0 Å². The number of benzene rings is 2. The third kappa shape index (κ3) is 5.91. The van der Waals surface area contributed by atoms with Crippen LogP contribution in [-0.4, -0.2) is 32.3 Å². The summed E-state index contributed by atoms with van der Waals surface area (Å²) >= 11 is 1.07. The van der Waals surface area contributed by atoms with Gasteiger partial charge in [-0.2, -0.15) is 0 Å². The number of nitrogens with zero attached hydrogens (tertiary/aromatic N) is 3. The highest BCUT2D eigenvalue weighted by molar-refractivity contribution is 7.99. The fourth-order valence-corrected chi connectivity index (χ4v) is 4.01. The lowest BCUT2D eigenvalue weighted by Crippen LogP contribution is -2.18. The van der Waals surface area contributed by atoms with Crippen molar-refractivity contribution in [2.24, 2.45) is 0 Å². The first-order valence-electron chi connectivity index (χ1n) is 9.93. The van der Waals surface area contributed by atoms with Gasteiger partial charge in [0.2, 0.25) is 11.8 Å². The van der Waals surface area contributed by atoms with Crippen LogP contribution in [0.3, 0.4) is 0 Å². The predicted molar refractivity (Wildman–Crippen MR) is 120 cm³/mol. The minimum atomic E-state index is -0.850. The maximum Gasteiger partial charge on any atom is 0.235 e. The molecule has 0 saturated heterocycles. The molecule has 0 aliphatic carbocycles. The molecule has 0 bridgehead atoms. The fraction of sp³-hybridized carbons (Fsp3) is 0.273. The van der Waals surface area contributed by atoms with Crippen LogP contribution in [0.25, 0.3) is 0 Å². The van der Waals surface area contributed by atoms with Crippen molar-refractivity contribution in [3.05, 3.63) is 65.0 Å². The molecule has 0 atom stereocenters. The lowest BCUT2D eigenvalue weighted by molar-refractivity contribution is -0.116. The molecule has 0 unspecified atom stereocenters. The average Bonchev–Trinajstić information content (AvgIpc) is 3.09. The summed E-state index contributed by atoms with van der Waals surface area (Å²) in [6, 6.07) is 9.13. The van der Waals surface area contributed by atoms with E-state index in [0.717, 1.165) is 35.0 Å². The van der Waals surface area contributed by atoms with Gasteiger partial charge in [0.25, 0.3) is 0 Å². The van der Waals surface area contributed by atoms with Crippen molar-refractivity contribution in [3.63, 3.8) is 0 Å². The Morgan fingerprint density at radius 1 is 1.00 bits per heavy atom. The second kappa shape index (κ2) is 10.4. The Labute approximate surface area is 188 Å². The molecule has 2 aromatic carbocycles. The van der Waals surface area contributed by atoms with Gasteiger partial charge < -0.3 is 15.2 Å². The largest absolute Gasteiger partial charge is 0.326 e. The molecular formula is C22H23F2N5O2S. The van der Waals surface area contributed by atoms with Crippen molar-refractivity contribution in [3.8, 4) is 0 Å². The highest BCUT2D eigenvalue weighted by Crippen LogP contribution is 2.21. The molecular weight excluding hydrogens is 436 g/mol. The molecule has 0 spiro atoms. The van der Waals surface area contributed by atoms with Gasteiger partial charge in [0, 0.05) is 12.2 Å². The quantitative estimate of drug-likeness (QED) is 0.495. The zero-order valence-electron chi connectivity index (χ0n) is 17.9. The van der Waals surface area contributed by atoms with Crippen LogP contribution in [0.2, 0.25) is 0 Å². The van der Waals surface area contributed by atoms with Crippen LogP contribution in [0.15, 0.2) is 41.6 Å². The van der Waals surface area contributed by atoms with Crippen LogP contribution in [0.5, 0.6) is 0 Å². The molecule has 10 heteroatoms. The Hall–Kier alpha value is -3.27. The summed E-state index contributed by atoms with van der Waals surface area (Å²) < 4.78 is 29.1. The summed E-state index contributed by atoms with van der Waals surface area (Å²) in [7, 11) is 0. The van der Waals surface area contributed by atoms with Crippen molar-refractivity contribution in [1.29, 1.82) is 0 Å². The van der Waals surface area contributed by atoms with E-state index < -0.39 is 23.2 Å². The summed E-state index contributed by atoms with van der Waals surface area (Å²) in [6.45, 7) is 6.27. The smallest absolute Gasteiger partial charge is 0.235 e. The molecule has 2 amide bonds. The van der Waals surface area contributed by atoms with Gasteiger partial charge in [-0.15, -0.1) is 10.2 Å². The predicted octanol–water partition coefficient (Wildman–Crippen LogP) is 4.11. The minimum absolute atomic E-state index is 0.0149. The molecule has 0 fully saturated rings. The summed E-state index contributed by atoms with van der Waals surface area (Å²) in [5.41, 5.74) is 2.31. The number of aromatic nitrogens is 3. The topological polar surface area (TPSA) is 88.9 Å². The first-order chi connectivity index (χ1) is 15.3. The van der Waals surface area contributed by atoms with Gasteiger partial charge in [-0.05, 0) is 56.2 Å². The van der Waals surface area contributed by atoms with E-state index in [1.54, 1.807) is 4.57 Å². The van der Waals surface area contributed by atoms with E-state index in [-0.39, 0.29) is 18.1 Å². The Morgan fingerprint density at radius 2 is 1.66 bits per heavy atom. The van der Waals surface area contributed by atoms with Gasteiger partial charge in [-0.25, -0.2) is 8.78 Å². The fourth-order valence-electron chi connectivity index (χ4n) is 3.19. The number of amides is 2. The van der Waals surface area contributed by atoms with E-state index in [2.05, 4.69) is 20.8 Å². The average molecular weight is 460 g/mol. The summed E-state index contributed by atoms with van der Waals surface area (Å²) in [6.07, 6.45) is 0.0149. The molecule has 1 aromatic heterocycles. The van der Waals surface area contributed by atoms with E-state index in [0.29, 0.717) is 23.2 Å². The van der Waals surface area contributed by atoms with E-state index in [1.807, 2.05) is 39.0 Å². The molecule has 7 nitrogen and oxygen atoms in total. The van der Waals surface area contributed by atoms with Crippen LogP contribution >= 0.6 is 11.8 Å². The number of para-hydroxylation sites is 1. The molecule has 32 heavy (non-hydrogen) atoms. The Balaban J connectivity index is 1.61. The van der Waals surface area contributed by atoms with E-state index in [1.165, 1.54) is 6.07 Å². The standard InChI is InChI=1S/C22H23F2N5O2S/c1-4-29-18(11-19(30)25-15-9-13(2)8-14(3)10-15)27-28-22(29)32-12-20(31)26-21-16(23)6-5-7-17(21)24/h5-10H,4,11-12H2,1-3H3,(H,25,30)(H,26,31). The van der Waals surface area contributed by atoms with Crippen molar-refractivity contribution in [1.82, 2.24) is 14.8 Å². The lowest BCUT2D eigenvalue weighted by atomic mass is 10.1. The third-order valence-corrected chi connectivity index (χ3v) is 5.46. The van der Waals surface area contributed by atoms with Crippen LogP contribution < -0.4 is 10.6 Å². The number of anilines is 2. The van der Waals surface area contributed by atoms with Gasteiger partial charge in [0.15, 0.2) is 5.16 Å². The second-order valence-electron chi connectivity index (χ2n) is 7.18. The van der Waals surface area contributed by atoms with Crippen molar-refractivity contribution >= 4 is 35.0 Å². The molecule has 3 aromatic rings. The lowest BCUT2D eigenvalue weighted by Gasteiger charge is -2.10. The first kappa shape index (κ1) is 23.4. The highest BCUT2D eigenvalue weighted by Gasteiger charge is 2.17. The molecule has 0 aliphatic heterocycles. The maximum atomic E-state index is 13.7. The number of hydrogen-bond acceptors (Lipinski definition) is 5. The van der Waals surface area contributed by atoms with E-state index >= 15 is 0 Å². The second-order valence-corrected chi connectivity index (χ2v) is 8.12. The zero-order chi connectivity index (χ0) is 23.3. The van der Waals surface area contributed by atoms with Gasteiger partial charge in [-0.3, -0.25) is 9.59 Å². The summed E-state index contributed by atoms with van der Waals surface area (Å²) in [5.74, 6) is -2.19. The highest BCUT2D eigenvalue weighted by atomic mass is 32.2. The first-order valence-corrected chi connectivity index (χ1v) is 10.9. The van der Waals surface area contributed by atoms with Crippen molar-refractivity contribution in [2.75, 3.05) is 16.4 Å². The Morgan fingerprint density at radius 3 is 2.28 bits per heavy atom. The van der Waals surface area contributed by atoms with Crippen LogP contribution in [0.1, 0.15) is 23.9 Å². The summed E-state index contributed by atoms with van der Waals surface area (Å²) in [5, 5.41) is 13.7. The van der Waals surface area contributed by atoms with Crippen LogP contribution in [-0.2, 0) is 22.6 Å². The maximum absolute atomic E-state index is 13.7. The van der Waals surface area contributed by atoms with Crippen molar-refractivity contribution in [2.45, 2.75) is 38.9 Å². The number of carbonyl (C=O) groups excluding carboxylic acids is 2. The zero-order valence-corrected chi connectivity index (χ0v) is 18.7. The normalized spacial score (nSPS) is 10.8. The number of hydrogen-bond donors (Lipinski definition) is 2. The Kier molecular flexibility index (Phi) is 7.57. The number of carbonyl (C=O) groups is 2. The number of rotatable bonds is 8. The van der Waals surface area contributed by atoms with Gasteiger partial charge in [0.05, 0.1) is 12.2 Å². The van der Waals surface area contributed by atoms with Gasteiger partial charge in [0.1, 0.15) is 23.1 Å². The molecule has 1 heterocycles. The number of nitrogens with one attached hydrogen (secondary N) is 2. The van der Waals surface area contributed by atoms with Crippen molar-refractivity contribution < 1.29 is 18.4 Å². The third-order valence-electron chi connectivity index (χ3n) is 4.49. The van der Waals surface area contributed by atoms with E-state index in [4.69, 9.17) is 0 Å². The van der Waals surface area contributed by atoms with E-state index in [9.17, 15) is 18.4 Å². The number of halogens is 2.